The Kier molecular flexibility index (Phi) is 5.40. The smallest absolute Gasteiger partial charge is 0.247 e. The third-order valence-electron chi connectivity index (χ3n) is 3.53. The summed E-state index contributed by atoms with van der Waals surface area (Å²) in [6, 6.07) is 7.12. The molecule has 1 saturated heterocycles. The number of imide groups is 1. The van der Waals surface area contributed by atoms with Gasteiger partial charge < -0.3 is 0 Å². The molecule has 1 unspecified atom stereocenters. The first kappa shape index (κ1) is 16.7. The second-order valence-corrected chi connectivity index (χ2v) is 7.46. The molecule has 0 saturated carbocycles. The number of amides is 2. The summed E-state index contributed by atoms with van der Waals surface area (Å²) in [5, 5.41) is 0.0259. The normalized spacial score (nSPS) is 18.4. The van der Waals surface area contributed by atoms with E-state index < -0.39 is 0 Å². The fourth-order valence-electron chi connectivity index (χ4n) is 2.43. The first-order chi connectivity index (χ1) is 10.4. The van der Waals surface area contributed by atoms with Gasteiger partial charge in [0.05, 0.1) is 10.9 Å². The van der Waals surface area contributed by atoms with Crippen LogP contribution < -0.4 is 4.90 Å². The average Bonchev–Trinajstić information content (AvgIpc) is 2.74. The van der Waals surface area contributed by atoms with E-state index in [-0.39, 0.29) is 29.3 Å². The molecule has 1 aliphatic rings. The maximum Gasteiger partial charge on any atom is 0.247 e. The summed E-state index contributed by atoms with van der Waals surface area (Å²) < 4.78 is 0. The Morgan fingerprint density at radius 2 is 1.91 bits per heavy atom. The molecule has 0 aliphatic carbocycles. The van der Waals surface area contributed by atoms with Gasteiger partial charge in [-0.1, -0.05) is 32.9 Å². The van der Waals surface area contributed by atoms with Crippen LogP contribution in [0.1, 0.15) is 39.2 Å². The first-order valence-electron chi connectivity index (χ1n) is 7.55. The van der Waals surface area contributed by atoms with E-state index in [4.69, 9.17) is 0 Å². The molecular weight excluding hydrogens is 298 g/mol. The Bertz CT molecular complexity index is 580. The molecule has 1 heterocycles. The van der Waals surface area contributed by atoms with Crippen molar-refractivity contribution in [2.45, 2.75) is 50.5 Å². The second kappa shape index (κ2) is 7.09. The van der Waals surface area contributed by atoms with E-state index in [9.17, 15) is 14.4 Å². The highest BCUT2D eigenvalue weighted by atomic mass is 32.2. The summed E-state index contributed by atoms with van der Waals surface area (Å²) in [6.07, 6.45) is 1.17. The third kappa shape index (κ3) is 3.77. The van der Waals surface area contributed by atoms with Crippen molar-refractivity contribution in [3.63, 3.8) is 0 Å². The molecule has 2 amide bonds. The summed E-state index contributed by atoms with van der Waals surface area (Å²) in [5.41, 5.74) is 1.50. The van der Waals surface area contributed by atoms with Crippen LogP contribution in [0, 0.1) is 0 Å². The number of hydrogen-bond acceptors (Lipinski definition) is 4. The van der Waals surface area contributed by atoms with Crippen molar-refractivity contribution < 1.29 is 14.4 Å². The molecule has 0 spiro atoms. The Morgan fingerprint density at radius 1 is 1.27 bits per heavy atom. The molecule has 0 bridgehead atoms. The van der Waals surface area contributed by atoms with Crippen molar-refractivity contribution in [3.8, 4) is 0 Å². The van der Waals surface area contributed by atoms with Gasteiger partial charge in [-0.25, -0.2) is 4.90 Å². The average molecular weight is 319 g/mol. The molecule has 0 radical (unpaired) electrons. The molecule has 5 heteroatoms. The molecule has 2 rings (SSSR count). The molecule has 1 fully saturated rings. The van der Waals surface area contributed by atoms with E-state index >= 15 is 0 Å². The number of carbonyl (C=O) groups excluding carboxylic acids is 3. The van der Waals surface area contributed by atoms with Crippen molar-refractivity contribution in [1.82, 2.24) is 0 Å². The fourth-order valence-corrected chi connectivity index (χ4v) is 3.54. The quantitative estimate of drug-likeness (QED) is 0.756. The van der Waals surface area contributed by atoms with Crippen LogP contribution in [0.2, 0.25) is 0 Å². The highest BCUT2D eigenvalue weighted by molar-refractivity contribution is 8.01. The zero-order valence-electron chi connectivity index (χ0n) is 13.2. The van der Waals surface area contributed by atoms with Crippen LogP contribution in [-0.2, 0) is 20.8 Å². The molecule has 4 nitrogen and oxygen atoms in total. The molecule has 0 aromatic heterocycles. The summed E-state index contributed by atoms with van der Waals surface area (Å²) >= 11 is 1.53. The van der Waals surface area contributed by atoms with Gasteiger partial charge in [0, 0.05) is 19.3 Å². The molecule has 22 heavy (non-hydrogen) atoms. The Balaban J connectivity index is 2.12. The van der Waals surface area contributed by atoms with Gasteiger partial charge in [-0.05, 0) is 22.9 Å². The minimum Gasteiger partial charge on any atom is -0.299 e. The summed E-state index contributed by atoms with van der Waals surface area (Å²) in [4.78, 5) is 37.2. The standard InChI is InChI=1S/C17H21NO3S/c1-4-14(19)9-12-5-7-13(8-6-12)18-16(20)10-15(17(18)21)22-11(2)3/h5-8,11,15H,4,9-10H2,1-3H3. The zero-order chi connectivity index (χ0) is 16.3. The number of anilines is 1. The lowest BCUT2D eigenvalue weighted by atomic mass is 10.1. The van der Waals surface area contributed by atoms with Gasteiger partial charge in [-0.15, -0.1) is 11.8 Å². The minimum atomic E-state index is -0.283. The molecule has 1 atom stereocenters. The number of ketones is 1. The molecular formula is C17H21NO3S. The molecule has 1 aromatic rings. The summed E-state index contributed by atoms with van der Waals surface area (Å²) in [6.45, 7) is 5.88. The minimum absolute atomic E-state index is 0.138. The third-order valence-corrected chi connectivity index (χ3v) is 4.77. The number of carbonyl (C=O) groups is 3. The molecule has 118 valence electrons. The van der Waals surface area contributed by atoms with Gasteiger partial charge in [0.2, 0.25) is 11.8 Å². The lowest BCUT2D eigenvalue weighted by Crippen LogP contribution is -2.31. The number of nitrogens with zero attached hydrogens (tertiary/aromatic N) is 1. The largest absolute Gasteiger partial charge is 0.299 e. The van der Waals surface area contributed by atoms with Crippen LogP contribution in [-0.4, -0.2) is 28.1 Å². The fraction of sp³-hybridized carbons (Fsp3) is 0.471. The van der Waals surface area contributed by atoms with E-state index in [1.54, 1.807) is 12.1 Å². The highest BCUT2D eigenvalue weighted by Crippen LogP contribution is 2.31. The lowest BCUT2D eigenvalue weighted by Gasteiger charge is -2.16. The zero-order valence-corrected chi connectivity index (χ0v) is 14.0. The van der Waals surface area contributed by atoms with Gasteiger partial charge in [-0.3, -0.25) is 14.4 Å². The van der Waals surface area contributed by atoms with Crippen LogP contribution >= 0.6 is 11.8 Å². The van der Waals surface area contributed by atoms with Crippen molar-refractivity contribution in [1.29, 1.82) is 0 Å². The Labute approximate surface area is 135 Å². The number of thioether (sulfide) groups is 1. The Hall–Kier alpha value is -1.62. The topological polar surface area (TPSA) is 54.5 Å². The molecule has 1 aliphatic heterocycles. The van der Waals surface area contributed by atoms with Crippen molar-refractivity contribution >= 4 is 35.0 Å². The van der Waals surface area contributed by atoms with Crippen LogP contribution in [0.15, 0.2) is 24.3 Å². The van der Waals surface area contributed by atoms with Gasteiger partial charge in [0.1, 0.15) is 5.78 Å². The Morgan fingerprint density at radius 3 is 2.45 bits per heavy atom. The number of rotatable bonds is 6. The number of benzene rings is 1. The van der Waals surface area contributed by atoms with E-state index in [0.29, 0.717) is 23.8 Å². The number of Topliss-reactive ketones (excluding diaryl/α,β-unsaturated/α-hetero) is 1. The lowest BCUT2D eigenvalue weighted by molar-refractivity contribution is -0.121. The van der Waals surface area contributed by atoms with Gasteiger partial charge in [-0.2, -0.15) is 0 Å². The van der Waals surface area contributed by atoms with Crippen molar-refractivity contribution in [2.75, 3.05) is 4.90 Å². The monoisotopic (exact) mass is 319 g/mol. The highest BCUT2D eigenvalue weighted by Gasteiger charge is 2.40. The second-order valence-electron chi connectivity index (χ2n) is 5.68. The van der Waals surface area contributed by atoms with E-state index in [0.717, 1.165) is 5.56 Å². The van der Waals surface area contributed by atoms with Crippen molar-refractivity contribution in [3.05, 3.63) is 29.8 Å². The van der Waals surface area contributed by atoms with Crippen LogP contribution in [0.25, 0.3) is 0 Å². The molecule has 1 aromatic carbocycles. The van der Waals surface area contributed by atoms with Crippen LogP contribution in [0.5, 0.6) is 0 Å². The van der Waals surface area contributed by atoms with Gasteiger partial charge in [0.25, 0.3) is 0 Å². The van der Waals surface area contributed by atoms with Crippen molar-refractivity contribution in [2.24, 2.45) is 0 Å². The van der Waals surface area contributed by atoms with Gasteiger partial charge >= 0.3 is 0 Å². The van der Waals surface area contributed by atoms with Gasteiger partial charge in [0.15, 0.2) is 0 Å². The maximum absolute atomic E-state index is 12.4. The van der Waals surface area contributed by atoms with Crippen LogP contribution in [0.4, 0.5) is 5.69 Å². The van der Waals surface area contributed by atoms with Crippen LogP contribution in [0.3, 0.4) is 0 Å². The summed E-state index contributed by atoms with van der Waals surface area (Å²) in [7, 11) is 0. The SMILES string of the molecule is CCC(=O)Cc1ccc(N2C(=O)CC(SC(C)C)C2=O)cc1. The predicted octanol–water partition coefficient (Wildman–Crippen LogP) is 2.98. The number of hydrogen-bond donors (Lipinski definition) is 0. The van der Waals surface area contributed by atoms with E-state index in [2.05, 4.69) is 0 Å². The summed E-state index contributed by atoms with van der Waals surface area (Å²) in [5.74, 6) is -0.115. The molecule has 0 N–H and O–H groups in total. The maximum atomic E-state index is 12.4. The first-order valence-corrected chi connectivity index (χ1v) is 8.49. The van der Waals surface area contributed by atoms with E-state index in [1.807, 2.05) is 32.9 Å². The predicted molar refractivity (Wildman–Crippen MR) is 89.1 cm³/mol. The van der Waals surface area contributed by atoms with E-state index in [1.165, 1.54) is 16.7 Å².